The Balaban J connectivity index is 5.33. The number of hydrogen-bond donors (Lipinski definition) is 3. The van der Waals surface area contributed by atoms with Gasteiger partial charge < -0.3 is 33.8 Å². The summed E-state index contributed by atoms with van der Waals surface area (Å²) in [5.74, 6) is -2.17. The van der Waals surface area contributed by atoms with Gasteiger partial charge in [-0.1, -0.05) is 275 Å². The molecule has 0 rings (SSSR count). The highest BCUT2D eigenvalue weighted by Crippen LogP contribution is 2.45. The molecule has 17 nitrogen and oxygen atoms in total. The van der Waals surface area contributed by atoms with Gasteiger partial charge in [0.2, 0.25) is 0 Å². The van der Waals surface area contributed by atoms with E-state index in [0.29, 0.717) is 25.7 Å². The maximum absolute atomic E-state index is 13.1. The van der Waals surface area contributed by atoms with Crippen molar-refractivity contribution in [1.82, 2.24) is 0 Å². The molecule has 0 aromatic heterocycles. The van der Waals surface area contributed by atoms with E-state index in [-0.39, 0.29) is 25.7 Å². The summed E-state index contributed by atoms with van der Waals surface area (Å²) < 4.78 is 68.5. The van der Waals surface area contributed by atoms with Crippen molar-refractivity contribution in [1.29, 1.82) is 0 Å². The Kier molecular flexibility index (Phi) is 68.3. The van der Waals surface area contributed by atoms with E-state index in [4.69, 9.17) is 37.0 Å². The second-order valence-corrected chi connectivity index (χ2v) is 29.2. The lowest BCUT2D eigenvalue weighted by molar-refractivity contribution is -0.161. The highest BCUT2D eigenvalue weighted by molar-refractivity contribution is 7.47. The minimum absolute atomic E-state index is 0.0867. The Bertz CT molecular complexity index is 2010. The number of ether oxygens (including phenoxy) is 4. The molecule has 5 atom stereocenters. The minimum atomic E-state index is -4.97. The van der Waals surface area contributed by atoms with Gasteiger partial charge in [-0.25, -0.2) is 9.13 Å². The lowest BCUT2D eigenvalue weighted by atomic mass is 10.0. The summed E-state index contributed by atoms with van der Waals surface area (Å²) in [6, 6.07) is 0. The first-order chi connectivity index (χ1) is 46.7. The molecule has 2 unspecified atom stereocenters. The first kappa shape index (κ1) is 93.0. The monoisotopic (exact) mass is 1400 g/mol. The maximum Gasteiger partial charge on any atom is 0.472 e. The molecular formula is C77H142O17P2. The fourth-order valence-electron chi connectivity index (χ4n) is 10.8. The fraction of sp³-hybridized carbons (Fsp3) is 0.844. The van der Waals surface area contributed by atoms with Crippen LogP contribution in [-0.2, 0) is 65.4 Å². The molecular weight excluding hydrogens is 1260 g/mol. The van der Waals surface area contributed by atoms with Gasteiger partial charge in [-0.15, -0.1) is 0 Å². The van der Waals surface area contributed by atoms with E-state index in [0.717, 1.165) is 141 Å². The largest absolute Gasteiger partial charge is 0.472 e. The number of esters is 4. The number of allylic oxidation sites excluding steroid dienone is 8. The summed E-state index contributed by atoms with van der Waals surface area (Å²) in [4.78, 5) is 72.8. The predicted molar refractivity (Wildman–Crippen MR) is 390 cm³/mol. The van der Waals surface area contributed by atoms with Crippen molar-refractivity contribution in [3.63, 3.8) is 0 Å². The molecule has 96 heavy (non-hydrogen) atoms. The van der Waals surface area contributed by atoms with Crippen LogP contribution in [-0.4, -0.2) is 96.7 Å². The topological polar surface area (TPSA) is 237 Å². The molecule has 0 saturated carbocycles. The summed E-state index contributed by atoms with van der Waals surface area (Å²) in [5.41, 5.74) is 0. The van der Waals surface area contributed by atoms with Crippen molar-refractivity contribution < 1.29 is 80.2 Å². The first-order valence-corrected chi connectivity index (χ1v) is 41.9. The highest BCUT2D eigenvalue weighted by atomic mass is 31.2. The van der Waals surface area contributed by atoms with Crippen LogP contribution in [0.3, 0.4) is 0 Å². The quantitative estimate of drug-likeness (QED) is 0.0169. The average Bonchev–Trinajstić information content (AvgIpc) is 1.36. The molecule has 562 valence electrons. The summed E-state index contributed by atoms with van der Waals surface area (Å²) in [6.45, 7) is 4.86. The van der Waals surface area contributed by atoms with Crippen molar-refractivity contribution in [2.45, 2.75) is 380 Å². The number of unbranched alkanes of at least 4 members (excludes halogenated alkanes) is 40. The van der Waals surface area contributed by atoms with E-state index in [1.54, 1.807) is 0 Å². The summed E-state index contributed by atoms with van der Waals surface area (Å²) in [7, 11) is -9.94. The molecule has 0 fully saturated rings. The van der Waals surface area contributed by atoms with Gasteiger partial charge in [-0.05, 0) is 109 Å². The zero-order chi connectivity index (χ0) is 70.4. The van der Waals surface area contributed by atoms with Gasteiger partial charge in [0, 0.05) is 25.7 Å². The second-order valence-electron chi connectivity index (χ2n) is 26.3. The number of rotatable bonds is 74. The minimum Gasteiger partial charge on any atom is -0.462 e. The molecule has 0 amide bonds. The summed E-state index contributed by atoms with van der Waals surface area (Å²) in [6.07, 6.45) is 66.6. The number of aliphatic hydroxyl groups excluding tert-OH is 1. The smallest absolute Gasteiger partial charge is 0.462 e. The van der Waals surface area contributed by atoms with Crippen molar-refractivity contribution in [2.24, 2.45) is 0 Å². The van der Waals surface area contributed by atoms with Gasteiger partial charge in [0.05, 0.1) is 26.4 Å². The highest BCUT2D eigenvalue weighted by Gasteiger charge is 2.30. The molecule has 0 bridgehead atoms. The van der Waals surface area contributed by atoms with Gasteiger partial charge in [0.25, 0.3) is 0 Å². The van der Waals surface area contributed by atoms with Crippen molar-refractivity contribution >= 4 is 39.5 Å². The van der Waals surface area contributed by atoms with Crippen LogP contribution in [0.15, 0.2) is 48.6 Å². The molecule has 0 aromatic carbocycles. The van der Waals surface area contributed by atoms with Crippen LogP contribution in [0.5, 0.6) is 0 Å². The van der Waals surface area contributed by atoms with Gasteiger partial charge >= 0.3 is 39.5 Å². The molecule has 0 aliphatic carbocycles. The molecule has 3 N–H and O–H groups in total. The fourth-order valence-corrected chi connectivity index (χ4v) is 12.3. The zero-order valence-electron chi connectivity index (χ0n) is 61.3. The Labute approximate surface area is 585 Å². The van der Waals surface area contributed by atoms with Crippen molar-refractivity contribution in [3.05, 3.63) is 48.6 Å². The predicted octanol–water partition coefficient (Wildman–Crippen LogP) is 22.1. The van der Waals surface area contributed by atoms with Crippen LogP contribution in [0.1, 0.15) is 362 Å². The maximum atomic E-state index is 13.1. The Morgan fingerprint density at radius 3 is 0.812 bits per heavy atom. The molecule has 0 saturated heterocycles. The molecule has 0 aliphatic heterocycles. The van der Waals surface area contributed by atoms with E-state index in [1.165, 1.54) is 141 Å². The molecule has 0 radical (unpaired) electrons. The van der Waals surface area contributed by atoms with Crippen molar-refractivity contribution in [2.75, 3.05) is 39.6 Å². The van der Waals surface area contributed by atoms with Crippen LogP contribution < -0.4 is 0 Å². The van der Waals surface area contributed by atoms with Gasteiger partial charge in [-0.3, -0.25) is 37.3 Å². The third-order valence-electron chi connectivity index (χ3n) is 16.8. The standard InChI is InChI=1S/C77H142O17P2/c1-5-9-13-17-21-25-29-33-35-39-42-46-50-54-58-62-75(80)88-68-73(94-77(82)64-60-56-52-48-44-40-36-34-30-26-22-18-14-10-6-2)70-92-96(85,86)90-66-71(78)65-89-95(83,84)91-69-72(93-76(81)63-59-55-51-47-43-38-32-28-24-20-16-12-8-4)67-87-74(79)61-57-53-49-45-41-37-31-27-23-19-15-11-7-3/h21,25,28,32-36,71-73,78H,5-20,22-24,26-27,29-31,37-70H2,1-4H3,(H,83,84)(H,85,86)/b25-21-,32-28-,35-33-,36-34-/t71-,72-,73-/m1/s1. The normalized spacial score (nSPS) is 14.2. The third kappa shape index (κ3) is 69.5. The van der Waals surface area contributed by atoms with Crippen LogP contribution in [0, 0.1) is 0 Å². The molecule has 19 heteroatoms. The molecule has 0 aromatic rings. The number of aliphatic hydroxyl groups is 1. The molecule has 0 spiro atoms. The lowest BCUT2D eigenvalue weighted by Gasteiger charge is -2.21. The lowest BCUT2D eigenvalue weighted by Crippen LogP contribution is -2.30. The number of carbonyl (C=O) groups excluding carboxylic acids is 4. The van der Waals surface area contributed by atoms with Gasteiger partial charge in [0.15, 0.2) is 12.2 Å². The van der Waals surface area contributed by atoms with E-state index in [2.05, 4.69) is 76.3 Å². The second kappa shape index (κ2) is 70.5. The summed E-state index contributed by atoms with van der Waals surface area (Å²) in [5, 5.41) is 10.6. The Morgan fingerprint density at radius 2 is 0.510 bits per heavy atom. The van der Waals surface area contributed by atoms with E-state index >= 15 is 0 Å². The average molecular weight is 1400 g/mol. The summed E-state index contributed by atoms with van der Waals surface area (Å²) >= 11 is 0. The number of phosphoric ester groups is 2. The molecule has 0 aliphatic rings. The SMILES string of the molecule is CCCCC/C=C\C/C=C\CCCCCCCC(=O)OC[C@H](COP(=O)(O)OC[C@H](O)COP(=O)(O)OC[C@@H](COC(=O)CCCCCCCCCCCCCCC)OC(=O)CCCCCCC/C=C\CCCCCC)OC(=O)CCCCCCC/C=C\CCCCCCCC. The van der Waals surface area contributed by atoms with E-state index < -0.39 is 97.5 Å². The van der Waals surface area contributed by atoms with Crippen LogP contribution in [0.2, 0.25) is 0 Å². The molecule has 0 heterocycles. The number of phosphoric acid groups is 2. The van der Waals surface area contributed by atoms with E-state index in [1.807, 2.05) is 0 Å². The Morgan fingerprint density at radius 1 is 0.292 bits per heavy atom. The van der Waals surface area contributed by atoms with Crippen LogP contribution in [0.4, 0.5) is 0 Å². The van der Waals surface area contributed by atoms with Crippen LogP contribution >= 0.6 is 15.6 Å². The number of hydrogen-bond acceptors (Lipinski definition) is 15. The third-order valence-corrected chi connectivity index (χ3v) is 18.7. The Hall–Kier alpha value is -2.98. The van der Waals surface area contributed by atoms with E-state index in [9.17, 15) is 43.2 Å². The number of carbonyl (C=O) groups is 4. The van der Waals surface area contributed by atoms with Gasteiger partial charge in [-0.2, -0.15) is 0 Å². The van der Waals surface area contributed by atoms with Gasteiger partial charge in [0.1, 0.15) is 19.3 Å². The van der Waals surface area contributed by atoms with Crippen molar-refractivity contribution in [3.8, 4) is 0 Å². The van der Waals surface area contributed by atoms with Crippen LogP contribution in [0.25, 0.3) is 0 Å². The zero-order valence-corrected chi connectivity index (χ0v) is 63.1. The first-order valence-electron chi connectivity index (χ1n) is 38.9.